The number of sulfonamides is 1. The molecule has 0 aromatic heterocycles. The largest absolute Gasteiger partial charge is 0.365 e. The molecule has 0 heterocycles. The maximum absolute atomic E-state index is 12.9. The molecule has 1 amide bonds. The number of fused-ring (bicyclic) bond motifs is 1. The van der Waals surface area contributed by atoms with Crippen molar-refractivity contribution in [3.8, 4) is 0 Å². The number of nitrogens with two attached hydrogens (primary N) is 2. The molecule has 3 rings (SSSR count). The smallest absolute Gasteiger partial charge is 0.254 e. The summed E-state index contributed by atoms with van der Waals surface area (Å²) in [6, 6.07) is 5.14. The minimum Gasteiger partial charge on any atom is -0.365 e. The van der Waals surface area contributed by atoms with Crippen LogP contribution in [-0.2, 0) is 22.9 Å². The number of aryl methyl sites for hydroxylation is 2. The molecule has 10 heteroatoms. The zero-order chi connectivity index (χ0) is 22.5. The summed E-state index contributed by atoms with van der Waals surface area (Å²) in [5.41, 5.74) is 4.71. The van der Waals surface area contributed by atoms with E-state index in [-0.39, 0.29) is 4.90 Å². The molecule has 29 heavy (non-hydrogen) atoms. The second-order valence-corrected chi connectivity index (χ2v) is 7.51. The van der Waals surface area contributed by atoms with Crippen molar-refractivity contribution in [3.63, 3.8) is 0 Å². The Bertz CT molecular complexity index is 996. The molecule has 0 saturated heterocycles. The third kappa shape index (κ3) is 5.54. The highest BCUT2D eigenvalue weighted by Gasteiger charge is 2.25. The van der Waals surface area contributed by atoms with E-state index in [1.54, 1.807) is 12.1 Å². The van der Waals surface area contributed by atoms with Crippen LogP contribution in [-0.4, -0.2) is 14.3 Å². The van der Waals surface area contributed by atoms with Gasteiger partial charge in [-0.3, -0.25) is 4.79 Å². The summed E-state index contributed by atoms with van der Waals surface area (Å²) in [6.45, 7) is 4.85. The van der Waals surface area contributed by atoms with Gasteiger partial charge in [0.1, 0.15) is 5.56 Å². The minimum absolute atomic E-state index is 0.230. The number of hydrogen-bond donors (Lipinski definition) is 2. The van der Waals surface area contributed by atoms with Crippen molar-refractivity contribution in [1.82, 2.24) is 0 Å². The summed E-state index contributed by atoms with van der Waals surface area (Å²) < 4.78 is 73.4. The first-order chi connectivity index (χ1) is 13.4. The molecule has 1 aliphatic carbocycles. The van der Waals surface area contributed by atoms with Crippen molar-refractivity contribution in [3.05, 3.63) is 63.7 Å². The lowest BCUT2D eigenvalue weighted by Crippen LogP contribution is -2.18. The average molecular weight is 434 g/mol. The number of hydrogen-bond acceptors (Lipinski definition) is 3. The highest BCUT2D eigenvalue weighted by Crippen LogP contribution is 2.24. The molecule has 2 aromatic carbocycles. The molecular weight excluding hydrogens is 412 g/mol. The van der Waals surface area contributed by atoms with Crippen LogP contribution < -0.4 is 10.9 Å². The van der Waals surface area contributed by atoms with E-state index in [2.05, 4.69) is 5.73 Å². The maximum atomic E-state index is 12.9. The van der Waals surface area contributed by atoms with E-state index >= 15 is 0 Å². The molecule has 0 saturated carbocycles. The Labute approximate surface area is 166 Å². The molecular formula is C19H22F4N2O3S. The highest BCUT2D eigenvalue weighted by atomic mass is 32.2. The molecule has 4 N–H and O–H groups in total. The fourth-order valence-electron chi connectivity index (χ4n) is 2.68. The molecule has 0 radical (unpaired) electrons. The SMILES string of the molecule is CC.Cc1c(F)c(F)c(C(N)=O)c(F)c1F.NS(=O)(=O)c1ccc2c(c1)CCC2. The Morgan fingerprint density at radius 3 is 1.86 bits per heavy atom. The van der Waals surface area contributed by atoms with Gasteiger partial charge in [-0.15, -0.1) is 0 Å². The number of halogens is 4. The Kier molecular flexibility index (Phi) is 8.34. The van der Waals surface area contributed by atoms with E-state index in [0.717, 1.165) is 31.7 Å². The summed E-state index contributed by atoms with van der Waals surface area (Å²) >= 11 is 0. The number of rotatable bonds is 2. The number of benzene rings is 2. The number of primary sulfonamides is 1. The molecule has 160 valence electrons. The fourth-order valence-corrected chi connectivity index (χ4v) is 3.25. The summed E-state index contributed by atoms with van der Waals surface area (Å²) in [5.74, 6) is -8.32. The van der Waals surface area contributed by atoms with E-state index < -0.39 is 50.3 Å². The average Bonchev–Trinajstić information content (AvgIpc) is 3.14. The van der Waals surface area contributed by atoms with Crippen LogP contribution in [0.15, 0.2) is 23.1 Å². The van der Waals surface area contributed by atoms with Gasteiger partial charge in [0.05, 0.1) is 4.90 Å². The topological polar surface area (TPSA) is 103 Å². The van der Waals surface area contributed by atoms with Crippen LogP contribution in [0.1, 0.15) is 47.3 Å². The van der Waals surface area contributed by atoms with Crippen LogP contribution in [0.3, 0.4) is 0 Å². The van der Waals surface area contributed by atoms with Gasteiger partial charge < -0.3 is 5.73 Å². The highest BCUT2D eigenvalue weighted by molar-refractivity contribution is 7.89. The van der Waals surface area contributed by atoms with Gasteiger partial charge in [-0.2, -0.15) is 0 Å². The quantitative estimate of drug-likeness (QED) is 0.558. The van der Waals surface area contributed by atoms with Gasteiger partial charge in [-0.25, -0.2) is 31.1 Å². The van der Waals surface area contributed by atoms with Gasteiger partial charge in [0, 0.05) is 5.56 Å². The fraction of sp³-hybridized carbons (Fsp3) is 0.316. The van der Waals surface area contributed by atoms with Crippen LogP contribution in [0.2, 0.25) is 0 Å². The monoisotopic (exact) mass is 434 g/mol. The van der Waals surface area contributed by atoms with Gasteiger partial charge in [-0.05, 0) is 49.4 Å². The van der Waals surface area contributed by atoms with E-state index in [1.165, 1.54) is 5.56 Å². The summed E-state index contributed by atoms with van der Waals surface area (Å²) in [5, 5.41) is 5.02. The predicted molar refractivity (Wildman–Crippen MR) is 101 cm³/mol. The van der Waals surface area contributed by atoms with Crippen molar-refractivity contribution in [2.75, 3.05) is 0 Å². The van der Waals surface area contributed by atoms with E-state index in [4.69, 9.17) is 5.14 Å². The number of primary amides is 1. The van der Waals surface area contributed by atoms with E-state index in [1.807, 2.05) is 19.9 Å². The molecule has 0 unspecified atom stereocenters. The van der Waals surface area contributed by atoms with Crippen LogP contribution in [0.5, 0.6) is 0 Å². The Hall–Kier alpha value is -2.46. The third-order valence-electron chi connectivity index (χ3n) is 4.13. The van der Waals surface area contributed by atoms with Gasteiger partial charge in [0.2, 0.25) is 10.0 Å². The second-order valence-electron chi connectivity index (χ2n) is 5.95. The minimum atomic E-state index is -3.52. The second kappa shape index (κ2) is 9.84. The summed E-state index contributed by atoms with van der Waals surface area (Å²) in [7, 11) is -3.52. The molecule has 1 aliphatic rings. The van der Waals surface area contributed by atoms with E-state index in [9.17, 15) is 30.8 Å². The van der Waals surface area contributed by atoms with Crippen molar-refractivity contribution < 1.29 is 30.8 Å². The predicted octanol–water partition coefficient (Wildman–Crippen LogP) is 3.50. The van der Waals surface area contributed by atoms with Crippen molar-refractivity contribution in [2.45, 2.75) is 44.9 Å². The van der Waals surface area contributed by atoms with Gasteiger partial charge in [0.25, 0.3) is 5.91 Å². The number of amides is 1. The van der Waals surface area contributed by atoms with Crippen LogP contribution in [0, 0.1) is 30.2 Å². The van der Waals surface area contributed by atoms with Gasteiger partial charge in [-0.1, -0.05) is 19.9 Å². The first-order valence-corrected chi connectivity index (χ1v) is 10.3. The first kappa shape index (κ1) is 24.6. The molecule has 0 atom stereocenters. The van der Waals surface area contributed by atoms with Gasteiger partial charge in [0.15, 0.2) is 23.3 Å². The summed E-state index contributed by atoms with van der Waals surface area (Å²) in [6.07, 6.45) is 3.14. The lowest BCUT2D eigenvalue weighted by atomic mass is 10.1. The zero-order valence-electron chi connectivity index (χ0n) is 16.2. The molecule has 0 aliphatic heterocycles. The van der Waals surface area contributed by atoms with Gasteiger partial charge >= 0.3 is 0 Å². The Balaban J connectivity index is 0.000000268. The maximum Gasteiger partial charge on any atom is 0.254 e. The number of carbonyl (C=O) groups excluding carboxylic acids is 1. The summed E-state index contributed by atoms with van der Waals surface area (Å²) in [4.78, 5) is 10.7. The molecule has 0 fully saturated rings. The van der Waals surface area contributed by atoms with Crippen molar-refractivity contribution >= 4 is 15.9 Å². The van der Waals surface area contributed by atoms with Crippen molar-refractivity contribution in [2.24, 2.45) is 10.9 Å². The Morgan fingerprint density at radius 2 is 1.41 bits per heavy atom. The Morgan fingerprint density at radius 1 is 0.931 bits per heavy atom. The van der Waals surface area contributed by atoms with Crippen LogP contribution in [0.25, 0.3) is 0 Å². The normalized spacial score (nSPS) is 12.3. The van der Waals surface area contributed by atoms with Crippen molar-refractivity contribution in [1.29, 1.82) is 0 Å². The first-order valence-electron chi connectivity index (χ1n) is 8.72. The molecule has 0 bridgehead atoms. The molecule has 0 spiro atoms. The lowest BCUT2D eigenvalue weighted by Gasteiger charge is -2.06. The standard InChI is InChI=1S/C9H11NO2S.C8H5F4NO.C2H6/c10-13(11,12)9-5-4-7-2-1-3-8(7)6-9;1-2-4(9)6(11)3(8(13)14)7(12)5(2)10;1-2/h4-6H,1-3H2,(H2,10,11,12);1H3,(H2,13,14);1-2H3. The van der Waals surface area contributed by atoms with Crippen LogP contribution >= 0.6 is 0 Å². The zero-order valence-corrected chi connectivity index (χ0v) is 17.0. The van der Waals surface area contributed by atoms with Crippen LogP contribution in [0.4, 0.5) is 17.6 Å². The molecule has 2 aromatic rings. The lowest BCUT2D eigenvalue weighted by molar-refractivity contribution is 0.0989. The third-order valence-corrected chi connectivity index (χ3v) is 5.04. The molecule has 5 nitrogen and oxygen atoms in total. The number of carbonyl (C=O) groups is 1. The van der Waals surface area contributed by atoms with E-state index in [0.29, 0.717) is 0 Å².